The molecule has 7 heteroatoms. The van der Waals surface area contributed by atoms with Crippen LogP contribution in [0.25, 0.3) is 0 Å². The lowest BCUT2D eigenvalue weighted by Crippen LogP contribution is -2.31. The molecule has 1 aliphatic rings. The van der Waals surface area contributed by atoms with Crippen molar-refractivity contribution in [3.63, 3.8) is 0 Å². The number of benzene rings is 1. The minimum atomic E-state index is -0.548. The molecular weight excluding hydrogens is 350 g/mol. The van der Waals surface area contributed by atoms with E-state index in [0.29, 0.717) is 17.0 Å². The molecule has 0 fully saturated rings. The Kier molecular flexibility index (Phi) is 5.98. The van der Waals surface area contributed by atoms with Gasteiger partial charge in [-0.15, -0.1) is 5.10 Å². The van der Waals surface area contributed by atoms with Gasteiger partial charge in [-0.1, -0.05) is 29.6 Å². The smallest absolute Gasteiger partial charge is 0.352 e. The van der Waals surface area contributed by atoms with Gasteiger partial charge in [0.15, 0.2) is 11.5 Å². The van der Waals surface area contributed by atoms with E-state index in [-0.39, 0.29) is 18.6 Å². The minimum Gasteiger partial charge on any atom is -0.451 e. The van der Waals surface area contributed by atoms with Crippen LogP contribution in [0.15, 0.2) is 18.2 Å². The number of esters is 1. The van der Waals surface area contributed by atoms with Crippen molar-refractivity contribution >= 4 is 23.4 Å². The van der Waals surface area contributed by atoms with Crippen LogP contribution in [0.2, 0.25) is 0 Å². The highest BCUT2D eigenvalue weighted by molar-refractivity contribution is 7.07. The molecule has 0 radical (unpaired) electrons. The number of nitrogens with zero attached hydrogens (tertiary/aromatic N) is 2. The molecule has 1 atom stereocenters. The highest BCUT2D eigenvalue weighted by Crippen LogP contribution is 2.24. The summed E-state index contributed by atoms with van der Waals surface area (Å²) < 4.78 is 8.85. The fourth-order valence-electron chi connectivity index (χ4n) is 3.18. The van der Waals surface area contributed by atoms with Crippen LogP contribution in [0.3, 0.4) is 0 Å². The third kappa shape index (κ3) is 4.27. The Balaban J connectivity index is 1.54. The normalized spacial score (nSPS) is 14.4. The summed E-state index contributed by atoms with van der Waals surface area (Å²) >= 11 is 0.990. The molecule has 2 aromatic rings. The van der Waals surface area contributed by atoms with Crippen molar-refractivity contribution in [1.29, 1.82) is 0 Å². The number of ether oxygens (including phenoxy) is 1. The van der Waals surface area contributed by atoms with E-state index < -0.39 is 5.97 Å². The van der Waals surface area contributed by atoms with Crippen molar-refractivity contribution in [2.45, 2.75) is 52.0 Å². The highest BCUT2D eigenvalue weighted by atomic mass is 32.1. The van der Waals surface area contributed by atoms with Gasteiger partial charge >= 0.3 is 5.97 Å². The first-order valence-electron chi connectivity index (χ1n) is 8.98. The topological polar surface area (TPSA) is 81.2 Å². The van der Waals surface area contributed by atoms with Crippen molar-refractivity contribution in [2.75, 3.05) is 6.61 Å². The van der Waals surface area contributed by atoms with Crippen LogP contribution in [-0.2, 0) is 28.8 Å². The monoisotopic (exact) mass is 373 g/mol. The number of hydrogen-bond acceptors (Lipinski definition) is 6. The molecule has 1 unspecified atom stereocenters. The van der Waals surface area contributed by atoms with Gasteiger partial charge in [0, 0.05) is 0 Å². The van der Waals surface area contributed by atoms with E-state index in [0.717, 1.165) is 29.9 Å². The first-order chi connectivity index (χ1) is 12.6. The van der Waals surface area contributed by atoms with Crippen molar-refractivity contribution in [1.82, 2.24) is 14.9 Å². The second-order valence-electron chi connectivity index (χ2n) is 6.50. The Morgan fingerprint density at radius 2 is 2.04 bits per heavy atom. The van der Waals surface area contributed by atoms with E-state index >= 15 is 0 Å². The van der Waals surface area contributed by atoms with Crippen molar-refractivity contribution in [2.24, 2.45) is 0 Å². The summed E-state index contributed by atoms with van der Waals surface area (Å²) in [6.07, 6.45) is 5.31. The molecule has 138 valence electrons. The van der Waals surface area contributed by atoms with Gasteiger partial charge in [0.25, 0.3) is 5.91 Å². The Bertz CT molecular complexity index is 803. The number of aryl methyl sites for hydroxylation is 3. The zero-order valence-electron chi connectivity index (χ0n) is 15.1. The second-order valence-corrected chi connectivity index (χ2v) is 7.26. The zero-order chi connectivity index (χ0) is 18.5. The van der Waals surface area contributed by atoms with Crippen LogP contribution in [-0.4, -0.2) is 28.1 Å². The third-order valence-electron chi connectivity index (χ3n) is 4.66. The quantitative estimate of drug-likeness (QED) is 0.787. The lowest BCUT2D eigenvalue weighted by molar-refractivity contribution is -0.124. The van der Waals surface area contributed by atoms with Crippen LogP contribution in [0.5, 0.6) is 0 Å². The van der Waals surface area contributed by atoms with Gasteiger partial charge in [0.05, 0.1) is 11.7 Å². The lowest BCUT2D eigenvalue weighted by atomic mass is 9.89. The van der Waals surface area contributed by atoms with Crippen LogP contribution in [0.1, 0.15) is 64.8 Å². The van der Waals surface area contributed by atoms with Crippen LogP contribution in [0, 0.1) is 0 Å². The SMILES string of the molecule is CCc1nnsc1C(=O)OCC(=O)NC(C)c1ccc2c(c1)CCCC2. The molecule has 0 bridgehead atoms. The predicted octanol–water partition coefficient (Wildman–Crippen LogP) is 3.01. The largest absolute Gasteiger partial charge is 0.451 e. The molecule has 26 heavy (non-hydrogen) atoms. The van der Waals surface area contributed by atoms with Crippen molar-refractivity contribution in [3.05, 3.63) is 45.5 Å². The van der Waals surface area contributed by atoms with Gasteiger partial charge < -0.3 is 10.1 Å². The number of carbonyl (C=O) groups is 2. The number of carbonyl (C=O) groups excluding carboxylic acids is 2. The molecule has 0 aliphatic heterocycles. The number of rotatable bonds is 6. The van der Waals surface area contributed by atoms with E-state index in [2.05, 4.69) is 33.1 Å². The summed E-state index contributed by atoms with van der Waals surface area (Å²) in [5.41, 5.74) is 4.47. The molecule has 1 aliphatic carbocycles. The maximum Gasteiger partial charge on any atom is 0.352 e. The number of hydrogen-bond donors (Lipinski definition) is 1. The highest BCUT2D eigenvalue weighted by Gasteiger charge is 2.19. The molecule has 1 N–H and O–H groups in total. The maximum absolute atomic E-state index is 12.1. The molecule has 0 saturated heterocycles. The molecule has 1 heterocycles. The molecule has 0 spiro atoms. The van der Waals surface area contributed by atoms with E-state index in [9.17, 15) is 9.59 Å². The number of nitrogens with one attached hydrogen (secondary N) is 1. The number of fused-ring (bicyclic) bond motifs is 1. The average Bonchev–Trinajstić information content (AvgIpc) is 3.14. The molecule has 1 aromatic heterocycles. The van der Waals surface area contributed by atoms with Crippen molar-refractivity contribution < 1.29 is 14.3 Å². The molecule has 6 nitrogen and oxygen atoms in total. The van der Waals surface area contributed by atoms with Crippen LogP contribution in [0.4, 0.5) is 0 Å². The predicted molar refractivity (Wildman–Crippen MR) is 99.2 cm³/mol. The van der Waals surface area contributed by atoms with Crippen molar-refractivity contribution in [3.8, 4) is 0 Å². The van der Waals surface area contributed by atoms with Crippen LogP contribution < -0.4 is 5.32 Å². The maximum atomic E-state index is 12.1. The van der Waals surface area contributed by atoms with Gasteiger partial charge in [0.1, 0.15) is 0 Å². The first-order valence-corrected chi connectivity index (χ1v) is 9.75. The molecule has 1 aromatic carbocycles. The molecular formula is C19H23N3O3S. The van der Waals surface area contributed by atoms with Crippen LogP contribution >= 0.6 is 11.5 Å². The van der Waals surface area contributed by atoms with E-state index in [1.54, 1.807) is 0 Å². The molecule has 0 saturated carbocycles. The molecule has 3 rings (SSSR count). The Morgan fingerprint density at radius 3 is 2.81 bits per heavy atom. The van der Waals surface area contributed by atoms with E-state index in [1.165, 1.54) is 24.0 Å². The van der Waals surface area contributed by atoms with Gasteiger partial charge in [0.2, 0.25) is 0 Å². The van der Waals surface area contributed by atoms with E-state index in [4.69, 9.17) is 4.74 Å². The lowest BCUT2D eigenvalue weighted by Gasteiger charge is -2.20. The fraction of sp³-hybridized carbons (Fsp3) is 0.474. The van der Waals surface area contributed by atoms with Gasteiger partial charge in [-0.25, -0.2) is 4.79 Å². The van der Waals surface area contributed by atoms with Gasteiger partial charge in [-0.3, -0.25) is 4.79 Å². The summed E-state index contributed by atoms with van der Waals surface area (Å²) in [7, 11) is 0. The summed E-state index contributed by atoms with van der Waals surface area (Å²) in [5.74, 6) is -0.868. The average molecular weight is 373 g/mol. The summed E-state index contributed by atoms with van der Waals surface area (Å²) in [6, 6.07) is 6.28. The Labute approximate surface area is 157 Å². The standard InChI is InChI=1S/C19H23N3O3S/c1-3-16-18(26-22-21-16)19(24)25-11-17(23)20-12(2)14-9-8-13-6-4-5-7-15(13)10-14/h8-10,12H,3-7,11H2,1-2H3,(H,20,23). The number of aromatic nitrogens is 2. The summed E-state index contributed by atoms with van der Waals surface area (Å²) in [4.78, 5) is 24.5. The van der Waals surface area contributed by atoms with E-state index in [1.807, 2.05) is 13.8 Å². The summed E-state index contributed by atoms with van der Waals surface area (Å²) in [5, 5.41) is 6.76. The minimum absolute atomic E-state index is 0.135. The molecule has 1 amide bonds. The fourth-order valence-corrected chi connectivity index (χ4v) is 3.83. The third-order valence-corrected chi connectivity index (χ3v) is 5.41. The van der Waals surface area contributed by atoms with Gasteiger partial charge in [-0.05, 0) is 67.3 Å². The number of amides is 1. The Morgan fingerprint density at radius 1 is 1.27 bits per heavy atom. The van der Waals surface area contributed by atoms with Gasteiger partial charge in [-0.2, -0.15) is 0 Å². The zero-order valence-corrected chi connectivity index (χ0v) is 15.9. The first kappa shape index (κ1) is 18.5. The summed E-state index contributed by atoms with van der Waals surface area (Å²) in [6.45, 7) is 3.52. The second kappa shape index (κ2) is 8.40. The Hall–Kier alpha value is -2.28.